The van der Waals surface area contributed by atoms with Crippen molar-refractivity contribution in [3.63, 3.8) is 0 Å². The lowest BCUT2D eigenvalue weighted by Crippen LogP contribution is -2.08. The predicted molar refractivity (Wildman–Crippen MR) is 71.0 cm³/mol. The van der Waals surface area contributed by atoms with Crippen LogP contribution in [0.15, 0.2) is 24.3 Å². The van der Waals surface area contributed by atoms with E-state index in [0.29, 0.717) is 12.2 Å². The first-order valence-electron chi connectivity index (χ1n) is 6.38. The minimum Gasteiger partial charge on any atom is -0.379 e. The lowest BCUT2D eigenvalue weighted by atomic mass is 10.2. The number of aryl methyl sites for hydroxylation is 2. The fourth-order valence-corrected chi connectivity index (χ4v) is 1.90. The molecule has 0 aliphatic carbocycles. The molecule has 0 amide bonds. The van der Waals surface area contributed by atoms with Gasteiger partial charge in [0.15, 0.2) is 11.6 Å². The maximum absolute atomic E-state index is 13.1. The quantitative estimate of drug-likeness (QED) is 0.898. The lowest BCUT2D eigenvalue weighted by molar-refractivity contribution is 0.509. The van der Waals surface area contributed by atoms with Crippen molar-refractivity contribution >= 4 is 5.69 Å². The van der Waals surface area contributed by atoms with Crippen LogP contribution >= 0.6 is 0 Å². The Balaban J connectivity index is 2.09. The van der Waals surface area contributed by atoms with Crippen LogP contribution in [0.4, 0.5) is 14.5 Å². The van der Waals surface area contributed by atoms with Gasteiger partial charge in [-0.2, -0.15) is 5.10 Å². The first kappa shape index (κ1) is 13.5. The van der Waals surface area contributed by atoms with E-state index >= 15 is 0 Å². The third-order valence-corrected chi connectivity index (χ3v) is 2.97. The number of anilines is 1. The molecule has 5 heteroatoms. The van der Waals surface area contributed by atoms with Gasteiger partial charge in [0, 0.05) is 18.3 Å². The summed E-state index contributed by atoms with van der Waals surface area (Å²) in [7, 11) is 0. The van der Waals surface area contributed by atoms with Gasteiger partial charge in [-0.1, -0.05) is 6.92 Å². The van der Waals surface area contributed by atoms with E-state index in [1.54, 1.807) is 0 Å². The van der Waals surface area contributed by atoms with Crippen molar-refractivity contribution in [1.82, 2.24) is 9.78 Å². The monoisotopic (exact) mass is 265 g/mol. The summed E-state index contributed by atoms with van der Waals surface area (Å²) in [5.41, 5.74) is 2.62. The Labute approximate surface area is 111 Å². The van der Waals surface area contributed by atoms with Crippen LogP contribution in [-0.4, -0.2) is 9.78 Å². The molecule has 19 heavy (non-hydrogen) atoms. The normalized spacial score (nSPS) is 10.7. The lowest BCUT2D eigenvalue weighted by Gasteiger charge is -2.08. The molecule has 3 nitrogen and oxygen atoms in total. The Morgan fingerprint density at radius 1 is 1.16 bits per heavy atom. The van der Waals surface area contributed by atoms with E-state index in [2.05, 4.69) is 17.3 Å². The number of halogens is 2. The zero-order valence-corrected chi connectivity index (χ0v) is 11.1. The molecule has 2 aromatic rings. The van der Waals surface area contributed by atoms with Crippen LogP contribution in [-0.2, 0) is 19.5 Å². The number of rotatable bonds is 5. The third-order valence-electron chi connectivity index (χ3n) is 2.97. The average Bonchev–Trinajstić information content (AvgIpc) is 2.82. The summed E-state index contributed by atoms with van der Waals surface area (Å²) < 4.78 is 27.8. The summed E-state index contributed by atoms with van der Waals surface area (Å²) in [6, 6.07) is 5.82. The Morgan fingerprint density at radius 3 is 2.58 bits per heavy atom. The molecular weight excluding hydrogens is 248 g/mol. The largest absolute Gasteiger partial charge is 0.379 e. The minimum absolute atomic E-state index is 0.534. The van der Waals surface area contributed by atoms with Gasteiger partial charge < -0.3 is 5.32 Å². The van der Waals surface area contributed by atoms with Gasteiger partial charge in [0.1, 0.15) is 0 Å². The minimum atomic E-state index is -0.844. The van der Waals surface area contributed by atoms with Crippen LogP contribution in [0.25, 0.3) is 0 Å². The van der Waals surface area contributed by atoms with E-state index in [1.807, 2.05) is 17.7 Å². The van der Waals surface area contributed by atoms with Gasteiger partial charge in [0.05, 0.1) is 17.9 Å². The number of hydrogen-bond acceptors (Lipinski definition) is 2. The first-order valence-corrected chi connectivity index (χ1v) is 6.38. The topological polar surface area (TPSA) is 29.9 Å². The standard InChI is InChI=1S/C14H17F2N3/c1-3-10-7-12(19(4-2)18-10)9-17-11-5-6-13(15)14(16)8-11/h5-8,17H,3-4,9H2,1-2H3. The summed E-state index contributed by atoms with van der Waals surface area (Å²) in [6.07, 6.45) is 0.880. The van der Waals surface area contributed by atoms with Crippen LogP contribution in [0.1, 0.15) is 25.2 Å². The number of aromatic nitrogens is 2. The predicted octanol–water partition coefficient (Wildman–Crippen LogP) is 3.36. The van der Waals surface area contributed by atoms with Crippen LogP contribution in [0.5, 0.6) is 0 Å². The van der Waals surface area contributed by atoms with Crippen molar-refractivity contribution in [2.75, 3.05) is 5.32 Å². The van der Waals surface area contributed by atoms with E-state index in [1.165, 1.54) is 6.07 Å². The zero-order valence-electron chi connectivity index (χ0n) is 11.1. The smallest absolute Gasteiger partial charge is 0.160 e. The molecule has 0 saturated heterocycles. The van der Waals surface area contributed by atoms with Gasteiger partial charge in [-0.05, 0) is 31.5 Å². The van der Waals surface area contributed by atoms with E-state index < -0.39 is 11.6 Å². The van der Waals surface area contributed by atoms with Crippen molar-refractivity contribution < 1.29 is 8.78 Å². The Kier molecular flexibility index (Phi) is 4.14. The summed E-state index contributed by atoms with van der Waals surface area (Å²) in [6.45, 7) is 5.39. The molecule has 1 aromatic heterocycles. The first-order chi connectivity index (χ1) is 9.13. The highest BCUT2D eigenvalue weighted by molar-refractivity contribution is 5.43. The van der Waals surface area contributed by atoms with Crippen molar-refractivity contribution in [3.05, 3.63) is 47.3 Å². The number of nitrogens with zero attached hydrogens (tertiary/aromatic N) is 2. The maximum Gasteiger partial charge on any atom is 0.160 e. The molecule has 1 N–H and O–H groups in total. The van der Waals surface area contributed by atoms with Crippen molar-refractivity contribution in [2.45, 2.75) is 33.4 Å². The number of hydrogen-bond donors (Lipinski definition) is 1. The molecule has 0 atom stereocenters. The van der Waals surface area contributed by atoms with Gasteiger partial charge in [0.25, 0.3) is 0 Å². The van der Waals surface area contributed by atoms with Gasteiger partial charge in [0.2, 0.25) is 0 Å². The zero-order chi connectivity index (χ0) is 13.8. The molecule has 0 bridgehead atoms. The number of nitrogens with one attached hydrogen (secondary N) is 1. The van der Waals surface area contributed by atoms with E-state index in [-0.39, 0.29) is 0 Å². The van der Waals surface area contributed by atoms with Crippen molar-refractivity contribution in [1.29, 1.82) is 0 Å². The maximum atomic E-state index is 13.1. The van der Waals surface area contributed by atoms with Gasteiger partial charge in [-0.15, -0.1) is 0 Å². The van der Waals surface area contributed by atoms with Gasteiger partial charge in [-0.3, -0.25) is 4.68 Å². The molecule has 0 spiro atoms. The number of benzene rings is 1. The molecule has 102 valence electrons. The molecular formula is C14H17F2N3. The summed E-state index contributed by atoms with van der Waals surface area (Å²) in [5.74, 6) is -1.68. The fraction of sp³-hybridized carbons (Fsp3) is 0.357. The average molecular weight is 265 g/mol. The van der Waals surface area contributed by atoms with E-state index in [4.69, 9.17) is 0 Å². The fourth-order valence-electron chi connectivity index (χ4n) is 1.90. The SMILES string of the molecule is CCc1cc(CNc2ccc(F)c(F)c2)n(CC)n1. The molecule has 0 aliphatic rings. The Bertz CT molecular complexity index is 564. The summed E-state index contributed by atoms with van der Waals surface area (Å²) in [4.78, 5) is 0. The van der Waals surface area contributed by atoms with Crippen LogP contribution in [0.2, 0.25) is 0 Å². The molecule has 2 rings (SSSR count). The Hall–Kier alpha value is -1.91. The highest BCUT2D eigenvalue weighted by Gasteiger charge is 2.06. The van der Waals surface area contributed by atoms with Crippen LogP contribution < -0.4 is 5.32 Å². The van der Waals surface area contributed by atoms with Crippen LogP contribution in [0, 0.1) is 11.6 Å². The molecule has 1 heterocycles. The van der Waals surface area contributed by atoms with Gasteiger partial charge in [-0.25, -0.2) is 8.78 Å². The van der Waals surface area contributed by atoms with Gasteiger partial charge >= 0.3 is 0 Å². The Morgan fingerprint density at radius 2 is 1.95 bits per heavy atom. The molecule has 0 unspecified atom stereocenters. The molecule has 0 radical (unpaired) electrons. The summed E-state index contributed by atoms with van der Waals surface area (Å²) >= 11 is 0. The second-order valence-corrected chi connectivity index (χ2v) is 4.28. The van der Waals surface area contributed by atoms with Crippen molar-refractivity contribution in [3.8, 4) is 0 Å². The van der Waals surface area contributed by atoms with E-state index in [9.17, 15) is 8.78 Å². The molecule has 1 aromatic carbocycles. The highest BCUT2D eigenvalue weighted by Crippen LogP contribution is 2.15. The van der Waals surface area contributed by atoms with Crippen molar-refractivity contribution in [2.24, 2.45) is 0 Å². The summed E-state index contributed by atoms with van der Waals surface area (Å²) in [5, 5.41) is 7.51. The molecule has 0 aliphatic heterocycles. The third kappa shape index (κ3) is 3.10. The second kappa shape index (κ2) is 5.82. The highest BCUT2D eigenvalue weighted by atomic mass is 19.2. The van der Waals surface area contributed by atoms with Crippen LogP contribution in [0.3, 0.4) is 0 Å². The molecule has 0 fully saturated rings. The van der Waals surface area contributed by atoms with E-state index in [0.717, 1.165) is 36.5 Å². The second-order valence-electron chi connectivity index (χ2n) is 4.28. The molecule has 0 saturated carbocycles.